The lowest BCUT2D eigenvalue weighted by molar-refractivity contribution is -0.150. The highest BCUT2D eigenvalue weighted by atomic mass is 127. The molecule has 1 aromatic heterocycles. The van der Waals surface area contributed by atoms with E-state index in [2.05, 4.69) is 46.4 Å². The van der Waals surface area contributed by atoms with E-state index in [1.807, 2.05) is 11.3 Å². The van der Waals surface area contributed by atoms with E-state index in [0.717, 1.165) is 45.5 Å². The van der Waals surface area contributed by atoms with Crippen LogP contribution in [0.1, 0.15) is 37.3 Å². The van der Waals surface area contributed by atoms with Crippen LogP contribution in [-0.2, 0) is 9.47 Å². The Morgan fingerprint density at radius 2 is 2.20 bits per heavy atom. The molecular formula is C15H22INO2S. The van der Waals surface area contributed by atoms with E-state index in [9.17, 15) is 0 Å². The molecule has 1 aromatic rings. The zero-order valence-electron chi connectivity index (χ0n) is 11.9. The van der Waals surface area contributed by atoms with Crippen molar-refractivity contribution in [3.05, 3.63) is 19.9 Å². The van der Waals surface area contributed by atoms with E-state index in [4.69, 9.17) is 9.47 Å². The van der Waals surface area contributed by atoms with Gasteiger partial charge in [0, 0.05) is 25.9 Å². The SMILES string of the molecule is CNC(c1csc(I)c1)C1CCOC2(CCOCC2)C1. The summed E-state index contributed by atoms with van der Waals surface area (Å²) in [6, 6.07) is 2.77. The van der Waals surface area contributed by atoms with Crippen LogP contribution in [0.15, 0.2) is 11.4 Å². The summed E-state index contributed by atoms with van der Waals surface area (Å²) in [4.78, 5) is 0. The Bertz CT molecular complexity index is 439. The van der Waals surface area contributed by atoms with Crippen molar-refractivity contribution in [2.75, 3.05) is 26.9 Å². The van der Waals surface area contributed by atoms with Gasteiger partial charge in [0.05, 0.1) is 8.48 Å². The van der Waals surface area contributed by atoms with Crippen LogP contribution in [0.2, 0.25) is 0 Å². The summed E-state index contributed by atoms with van der Waals surface area (Å²) < 4.78 is 13.0. The van der Waals surface area contributed by atoms with Gasteiger partial charge in [-0.1, -0.05) is 0 Å². The number of thiophene rings is 1. The molecule has 0 radical (unpaired) electrons. The fourth-order valence-corrected chi connectivity index (χ4v) is 5.01. The molecule has 2 fully saturated rings. The average molecular weight is 407 g/mol. The largest absolute Gasteiger partial charge is 0.381 e. The Balaban J connectivity index is 1.74. The molecule has 0 amide bonds. The summed E-state index contributed by atoms with van der Waals surface area (Å²) in [6.07, 6.45) is 4.43. The summed E-state index contributed by atoms with van der Waals surface area (Å²) in [7, 11) is 2.08. The van der Waals surface area contributed by atoms with Crippen molar-refractivity contribution in [1.29, 1.82) is 0 Å². The summed E-state index contributed by atoms with van der Waals surface area (Å²) in [5, 5.41) is 5.84. The number of hydrogen-bond donors (Lipinski definition) is 1. The Hall–Kier alpha value is 0.310. The summed E-state index contributed by atoms with van der Waals surface area (Å²) >= 11 is 4.24. The van der Waals surface area contributed by atoms with Gasteiger partial charge in [0.2, 0.25) is 0 Å². The van der Waals surface area contributed by atoms with E-state index in [-0.39, 0.29) is 5.60 Å². The molecule has 20 heavy (non-hydrogen) atoms. The molecule has 0 aromatic carbocycles. The fraction of sp³-hybridized carbons (Fsp3) is 0.733. The van der Waals surface area contributed by atoms with Crippen molar-refractivity contribution in [3.63, 3.8) is 0 Å². The topological polar surface area (TPSA) is 30.5 Å². The van der Waals surface area contributed by atoms with Gasteiger partial charge in [-0.2, -0.15) is 0 Å². The first-order chi connectivity index (χ1) is 9.72. The van der Waals surface area contributed by atoms with E-state index >= 15 is 0 Å². The molecule has 0 bridgehead atoms. The molecule has 3 rings (SSSR count). The normalized spacial score (nSPS) is 27.6. The highest BCUT2D eigenvalue weighted by Gasteiger charge is 2.41. The summed E-state index contributed by atoms with van der Waals surface area (Å²) in [5.74, 6) is 0.664. The Morgan fingerprint density at radius 1 is 1.40 bits per heavy atom. The zero-order valence-corrected chi connectivity index (χ0v) is 14.8. The fourth-order valence-electron chi connectivity index (χ4n) is 3.60. The second kappa shape index (κ2) is 6.60. The molecule has 0 aliphatic carbocycles. The van der Waals surface area contributed by atoms with Crippen molar-refractivity contribution in [2.45, 2.75) is 37.3 Å². The maximum absolute atomic E-state index is 6.17. The van der Waals surface area contributed by atoms with E-state index in [1.54, 1.807) is 0 Å². The van der Waals surface area contributed by atoms with Gasteiger partial charge in [0.25, 0.3) is 0 Å². The standard InChI is InChI=1S/C15H22INO2S/c1-17-14(12-8-13(16)20-10-12)11-2-5-19-15(9-11)3-6-18-7-4-15/h8,10-11,14,17H,2-7,9H2,1H3. The molecule has 3 nitrogen and oxygen atoms in total. The highest BCUT2D eigenvalue weighted by molar-refractivity contribution is 14.1. The third kappa shape index (κ3) is 3.21. The Labute approximate surface area is 138 Å². The van der Waals surface area contributed by atoms with E-state index in [1.165, 1.54) is 8.45 Å². The maximum atomic E-state index is 6.17. The summed E-state index contributed by atoms with van der Waals surface area (Å²) in [5.41, 5.74) is 1.52. The van der Waals surface area contributed by atoms with Crippen molar-refractivity contribution in [3.8, 4) is 0 Å². The highest BCUT2D eigenvalue weighted by Crippen LogP contribution is 2.42. The molecule has 5 heteroatoms. The number of halogens is 1. The monoisotopic (exact) mass is 407 g/mol. The lowest BCUT2D eigenvalue weighted by Gasteiger charge is -2.45. The summed E-state index contributed by atoms with van der Waals surface area (Å²) in [6.45, 7) is 2.60. The first-order valence-corrected chi connectivity index (χ1v) is 9.31. The molecule has 2 saturated heterocycles. The minimum atomic E-state index is 0.0828. The van der Waals surface area contributed by atoms with Gasteiger partial charge < -0.3 is 14.8 Å². The number of nitrogens with one attached hydrogen (secondary N) is 1. The van der Waals surface area contributed by atoms with Crippen LogP contribution in [0.25, 0.3) is 0 Å². The molecule has 112 valence electrons. The molecule has 1 N–H and O–H groups in total. The van der Waals surface area contributed by atoms with Crippen LogP contribution in [-0.4, -0.2) is 32.5 Å². The van der Waals surface area contributed by atoms with Crippen LogP contribution in [0.5, 0.6) is 0 Å². The predicted octanol–water partition coefficient (Wildman–Crippen LogP) is 3.59. The molecule has 2 aliphatic rings. The molecule has 2 aliphatic heterocycles. The molecule has 0 saturated carbocycles. The van der Waals surface area contributed by atoms with E-state index < -0.39 is 0 Å². The molecular weight excluding hydrogens is 385 g/mol. The van der Waals surface area contributed by atoms with Crippen LogP contribution < -0.4 is 5.32 Å². The van der Waals surface area contributed by atoms with Crippen LogP contribution in [0, 0.1) is 8.80 Å². The van der Waals surface area contributed by atoms with Crippen LogP contribution in [0.4, 0.5) is 0 Å². The average Bonchev–Trinajstić information content (AvgIpc) is 2.87. The van der Waals surface area contributed by atoms with Gasteiger partial charge in [-0.15, -0.1) is 11.3 Å². The molecule has 2 atom stereocenters. The first-order valence-electron chi connectivity index (χ1n) is 7.35. The lowest BCUT2D eigenvalue weighted by atomic mass is 9.76. The van der Waals surface area contributed by atoms with Gasteiger partial charge in [0.15, 0.2) is 0 Å². The predicted molar refractivity (Wildman–Crippen MR) is 90.3 cm³/mol. The number of rotatable bonds is 3. The third-order valence-electron chi connectivity index (χ3n) is 4.66. The minimum Gasteiger partial charge on any atom is -0.381 e. The number of ether oxygens (including phenoxy) is 2. The Morgan fingerprint density at radius 3 is 2.85 bits per heavy atom. The minimum absolute atomic E-state index is 0.0828. The van der Waals surface area contributed by atoms with Crippen LogP contribution in [0.3, 0.4) is 0 Å². The zero-order chi connectivity index (χ0) is 14.0. The van der Waals surface area contributed by atoms with Crippen molar-refractivity contribution >= 4 is 33.9 Å². The van der Waals surface area contributed by atoms with Crippen molar-refractivity contribution in [1.82, 2.24) is 5.32 Å². The number of hydrogen-bond acceptors (Lipinski definition) is 4. The van der Waals surface area contributed by atoms with Gasteiger partial charge >= 0.3 is 0 Å². The lowest BCUT2D eigenvalue weighted by Crippen LogP contribution is -2.46. The van der Waals surface area contributed by atoms with E-state index in [0.29, 0.717) is 12.0 Å². The first kappa shape index (κ1) is 15.2. The molecule has 1 spiro atoms. The van der Waals surface area contributed by atoms with Crippen LogP contribution >= 0.6 is 33.9 Å². The second-order valence-corrected chi connectivity index (χ2v) is 8.65. The van der Waals surface area contributed by atoms with Crippen molar-refractivity contribution in [2.24, 2.45) is 5.92 Å². The van der Waals surface area contributed by atoms with Gasteiger partial charge in [-0.25, -0.2) is 0 Å². The quantitative estimate of drug-likeness (QED) is 0.777. The van der Waals surface area contributed by atoms with Crippen molar-refractivity contribution < 1.29 is 9.47 Å². The van der Waals surface area contributed by atoms with Gasteiger partial charge in [0.1, 0.15) is 0 Å². The molecule has 2 unspecified atom stereocenters. The third-order valence-corrected chi connectivity index (χ3v) is 6.47. The maximum Gasteiger partial charge on any atom is 0.0729 e. The second-order valence-electron chi connectivity index (χ2n) is 5.85. The van der Waals surface area contributed by atoms with Gasteiger partial charge in [-0.3, -0.25) is 0 Å². The van der Waals surface area contributed by atoms with Gasteiger partial charge in [-0.05, 0) is 78.2 Å². The Kier molecular flexibility index (Phi) is 5.02. The molecule has 3 heterocycles. The smallest absolute Gasteiger partial charge is 0.0729 e.